The lowest BCUT2D eigenvalue weighted by Gasteiger charge is -2.15. The van der Waals surface area contributed by atoms with Gasteiger partial charge in [0.15, 0.2) is 0 Å². The maximum absolute atomic E-state index is 12.1. The monoisotopic (exact) mass is 271 g/mol. The highest BCUT2D eigenvalue weighted by Gasteiger charge is 2.23. The van der Waals surface area contributed by atoms with E-state index in [0.717, 1.165) is 6.42 Å². The van der Waals surface area contributed by atoms with Gasteiger partial charge >= 0.3 is 7.60 Å². The van der Waals surface area contributed by atoms with Crippen molar-refractivity contribution in [1.82, 2.24) is 0 Å². The van der Waals surface area contributed by atoms with Crippen molar-refractivity contribution in [2.24, 2.45) is 4.99 Å². The van der Waals surface area contributed by atoms with Crippen LogP contribution in [-0.4, -0.2) is 31.1 Å². The number of hydrogen-bond acceptors (Lipinski definition) is 5. The summed E-state index contributed by atoms with van der Waals surface area (Å²) in [5.74, 6) is 4.48. The summed E-state index contributed by atoms with van der Waals surface area (Å²) in [6.07, 6.45) is 11.7. The smallest absolute Gasteiger partial charge is 0.295 e. The molecule has 0 aliphatic carbocycles. The fourth-order valence-corrected chi connectivity index (χ4v) is 2.56. The zero-order valence-corrected chi connectivity index (χ0v) is 11.1. The second-order valence-electron chi connectivity index (χ2n) is 2.97. The number of aliphatic imine (C=N–C) groups is 1. The Morgan fingerprint density at radius 2 is 1.76 bits per heavy atom. The van der Waals surface area contributed by atoms with E-state index in [1.165, 1.54) is 0 Å². The zero-order valence-electron chi connectivity index (χ0n) is 9.42. The van der Waals surface area contributed by atoms with Crippen LogP contribution in [0.1, 0.15) is 12.8 Å². The third-order valence-corrected chi connectivity index (χ3v) is 3.74. The van der Waals surface area contributed by atoms with Crippen molar-refractivity contribution in [2.45, 2.75) is 12.8 Å². The Balaban J connectivity index is 4.10. The molecule has 0 aromatic heterocycles. The molecule has 0 saturated carbocycles. The third kappa shape index (κ3) is 8.83. The van der Waals surface area contributed by atoms with Crippen LogP contribution in [0.3, 0.4) is 0 Å². The van der Waals surface area contributed by atoms with Crippen molar-refractivity contribution in [3.05, 3.63) is 0 Å². The van der Waals surface area contributed by atoms with Crippen LogP contribution in [0.4, 0.5) is 0 Å². The molecule has 0 rings (SSSR count). The molecule has 0 heterocycles. The molecule has 0 radical (unpaired) electrons. The maximum Gasteiger partial charge on any atom is 0.332 e. The topological polar surface area (TPSA) is 47.9 Å². The number of thiocarbonyl (C=S) groups is 1. The molecule has 0 bridgehead atoms. The van der Waals surface area contributed by atoms with Crippen LogP contribution in [0.5, 0.6) is 0 Å². The molecule has 17 heavy (non-hydrogen) atoms. The van der Waals surface area contributed by atoms with Crippen molar-refractivity contribution in [2.75, 3.05) is 25.9 Å². The molecule has 6 heteroatoms. The molecule has 0 N–H and O–H groups in total. The fourth-order valence-electron chi connectivity index (χ4n) is 0.980. The van der Waals surface area contributed by atoms with Crippen molar-refractivity contribution >= 4 is 25.0 Å². The molecule has 0 amide bonds. The molecule has 0 fully saturated rings. The molecule has 0 aromatic rings. The summed E-state index contributed by atoms with van der Waals surface area (Å²) in [7, 11) is -3.17. The van der Waals surface area contributed by atoms with Crippen LogP contribution in [0.15, 0.2) is 4.99 Å². The minimum absolute atomic E-state index is 0.0556. The predicted molar refractivity (Wildman–Crippen MR) is 71.2 cm³/mol. The minimum Gasteiger partial charge on any atom is -0.295 e. The molecule has 0 aromatic carbocycles. The van der Waals surface area contributed by atoms with E-state index in [9.17, 15) is 4.57 Å². The molecule has 0 aliphatic heterocycles. The highest BCUT2D eigenvalue weighted by atomic mass is 32.1. The fraction of sp³-hybridized carbons (Fsp3) is 0.545. The van der Waals surface area contributed by atoms with E-state index in [2.05, 4.69) is 34.2 Å². The van der Waals surface area contributed by atoms with Crippen LogP contribution in [-0.2, 0) is 13.6 Å². The largest absolute Gasteiger partial charge is 0.332 e. The van der Waals surface area contributed by atoms with Crippen molar-refractivity contribution in [3.63, 3.8) is 0 Å². The first kappa shape index (κ1) is 16.1. The maximum atomic E-state index is 12.1. The Bertz CT molecular complexity index is 369. The van der Waals surface area contributed by atoms with Gasteiger partial charge in [0.05, 0.1) is 11.3 Å². The average Bonchev–Trinajstić information content (AvgIpc) is 2.34. The van der Waals surface area contributed by atoms with Crippen molar-refractivity contribution in [3.8, 4) is 24.7 Å². The van der Waals surface area contributed by atoms with E-state index in [1.807, 2.05) is 0 Å². The van der Waals surface area contributed by atoms with Crippen molar-refractivity contribution < 1.29 is 13.6 Å². The van der Waals surface area contributed by atoms with Gasteiger partial charge in [-0.3, -0.25) is 13.6 Å². The van der Waals surface area contributed by atoms with Crippen LogP contribution >= 0.6 is 19.8 Å². The average molecular weight is 271 g/mol. The quantitative estimate of drug-likeness (QED) is 0.212. The number of terminal acetylenes is 2. The molecule has 92 valence electrons. The Morgan fingerprint density at radius 1 is 1.18 bits per heavy atom. The summed E-state index contributed by atoms with van der Waals surface area (Å²) >= 11 is 4.42. The molecule has 0 unspecified atom stereocenters. The summed E-state index contributed by atoms with van der Waals surface area (Å²) < 4.78 is 22.1. The van der Waals surface area contributed by atoms with E-state index < -0.39 is 7.60 Å². The zero-order chi connectivity index (χ0) is 13.0. The van der Waals surface area contributed by atoms with Gasteiger partial charge in [0, 0.05) is 6.54 Å². The molecule has 4 nitrogen and oxygen atoms in total. The molecular formula is C11H14NO3PS. The van der Waals surface area contributed by atoms with Gasteiger partial charge in [-0.05, 0) is 25.1 Å². The Morgan fingerprint density at radius 3 is 2.24 bits per heavy atom. The SMILES string of the molecule is C#CCOP(=O)(CCCCN=C=S)OCC#C. The summed E-state index contributed by atoms with van der Waals surface area (Å²) in [4.78, 5) is 3.74. The molecular weight excluding hydrogens is 257 g/mol. The molecule has 0 saturated heterocycles. The minimum atomic E-state index is -3.17. The Kier molecular flexibility index (Phi) is 9.68. The van der Waals surface area contributed by atoms with Crippen LogP contribution in [0, 0.1) is 24.7 Å². The summed E-state index contributed by atoms with van der Waals surface area (Å²) in [5, 5.41) is 2.26. The lowest BCUT2D eigenvalue weighted by molar-refractivity contribution is 0.241. The van der Waals surface area contributed by atoms with E-state index in [4.69, 9.17) is 21.9 Å². The summed E-state index contributed by atoms with van der Waals surface area (Å²) in [6.45, 7) is 0.438. The second kappa shape index (κ2) is 10.2. The first-order valence-electron chi connectivity index (χ1n) is 4.97. The predicted octanol–water partition coefficient (Wildman–Crippen LogP) is 2.36. The van der Waals surface area contributed by atoms with Crippen LogP contribution in [0.25, 0.3) is 0 Å². The van der Waals surface area contributed by atoms with Gasteiger partial charge in [-0.25, -0.2) is 4.99 Å². The Labute approximate surface area is 107 Å². The van der Waals surface area contributed by atoms with E-state index in [-0.39, 0.29) is 19.4 Å². The number of rotatable bonds is 9. The Hall–Kier alpha value is -0.930. The number of unbranched alkanes of at least 4 members (excludes halogenated alkanes) is 1. The highest BCUT2D eigenvalue weighted by molar-refractivity contribution is 7.78. The lowest BCUT2D eigenvalue weighted by atomic mass is 10.3. The number of isothiocyanates is 1. The lowest BCUT2D eigenvalue weighted by Crippen LogP contribution is -2.02. The highest BCUT2D eigenvalue weighted by Crippen LogP contribution is 2.48. The van der Waals surface area contributed by atoms with Gasteiger partial charge in [-0.1, -0.05) is 11.8 Å². The molecule has 0 aliphatic rings. The summed E-state index contributed by atoms with van der Waals surface area (Å²) in [6, 6.07) is 0. The van der Waals surface area contributed by atoms with Crippen LogP contribution < -0.4 is 0 Å². The van der Waals surface area contributed by atoms with Gasteiger partial charge < -0.3 is 0 Å². The first-order chi connectivity index (χ1) is 8.18. The van der Waals surface area contributed by atoms with E-state index >= 15 is 0 Å². The third-order valence-electron chi connectivity index (χ3n) is 1.71. The number of nitrogens with zero attached hydrogens (tertiary/aromatic N) is 1. The van der Waals surface area contributed by atoms with Gasteiger partial charge in [0.1, 0.15) is 13.2 Å². The normalized spacial score (nSPS) is 10.0. The standard InChI is InChI=1S/C11H14NO3PS/c1-3-8-14-16(13,15-9-4-2)10-6-5-7-12-11-17/h1-2H,5-10H2. The summed E-state index contributed by atoms with van der Waals surface area (Å²) in [5.41, 5.74) is 0. The van der Waals surface area contributed by atoms with E-state index in [0.29, 0.717) is 13.0 Å². The second-order valence-corrected chi connectivity index (χ2v) is 5.34. The number of hydrogen-bond donors (Lipinski definition) is 0. The van der Waals surface area contributed by atoms with E-state index in [1.54, 1.807) is 0 Å². The van der Waals surface area contributed by atoms with Gasteiger partial charge in [0.25, 0.3) is 0 Å². The van der Waals surface area contributed by atoms with Gasteiger partial charge in [-0.15, -0.1) is 12.8 Å². The molecule has 0 atom stereocenters. The van der Waals surface area contributed by atoms with Gasteiger partial charge in [0.2, 0.25) is 0 Å². The molecule has 0 spiro atoms. The first-order valence-corrected chi connectivity index (χ1v) is 7.11. The van der Waals surface area contributed by atoms with Crippen molar-refractivity contribution in [1.29, 1.82) is 0 Å². The van der Waals surface area contributed by atoms with Gasteiger partial charge in [-0.2, -0.15) is 0 Å². The van der Waals surface area contributed by atoms with Crippen LogP contribution in [0.2, 0.25) is 0 Å².